The van der Waals surface area contributed by atoms with Gasteiger partial charge in [0.2, 0.25) is 0 Å². The summed E-state index contributed by atoms with van der Waals surface area (Å²) in [5, 5.41) is 0. The summed E-state index contributed by atoms with van der Waals surface area (Å²) in [5.74, 6) is 1.34. The van der Waals surface area contributed by atoms with Gasteiger partial charge in [-0.25, -0.2) is 9.13 Å². The van der Waals surface area contributed by atoms with Gasteiger partial charge >= 0.3 is 0 Å². The molecule has 0 radical (unpaired) electrons. The summed E-state index contributed by atoms with van der Waals surface area (Å²) in [7, 11) is 0. The van der Waals surface area contributed by atoms with Crippen molar-refractivity contribution in [3.8, 4) is 0 Å². The van der Waals surface area contributed by atoms with Gasteiger partial charge in [-0.2, -0.15) is 0 Å². The first-order valence-electron chi connectivity index (χ1n) is 6.40. The molecule has 98 valence electrons. The summed E-state index contributed by atoms with van der Waals surface area (Å²) < 4.78 is 4.65. The fourth-order valence-electron chi connectivity index (χ4n) is 2.05. The Balaban J connectivity index is 0.00000162. The second kappa shape index (κ2) is 7.22. The molecule has 3 heteroatoms. The zero-order valence-corrected chi connectivity index (χ0v) is 11.9. The molecule has 0 fully saturated rings. The Morgan fingerprint density at radius 2 is 1.89 bits per heavy atom. The highest BCUT2D eigenvalue weighted by Crippen LogP contribution is 2.02. The summed E-state index contributed by atoms with van der Waals surface area (Å²) in [4.78, 5) is 0. The maximum absolute atomic E-state index is 2.34. The highest BCUT2D eigenvalue weighted by molar-refractivity contribution is 5.13. The Bertz CT molecular complexity index is 463. The van der Waals surface area contributed by atoms with Crippen molar-refractivity contribution >= 4 is 0 Å². The average molecular weight is 265 g/mol. The summed E-state index contributed by atoms with van der Waals surface area (Å²) in [6.45, 7) is 6.52. The maximum atomic E-state index is 2.34. The number of imidazole rings is 1. The molecular weight excluding hydrogens is 244 g/mol. The van der Waals surface area contributed by atoms with E-state index in [1.165, 1.54) is 24.2 Å². The van der Waals surface area contributed by atoms with Gasteiger partial charge in [-0.3, -0.25) is 0 Å². The first-order chi connectivity index (χ1) is 8.31. The molecule has 0 amide bonds. The van der Waals surface area contributed by atoms with Crippen LogP contribution in [-0.4, -0.2) is 4.57 Å². The van der Waals surface area contributed by atoms with Gasteiger partial charge in [-0.1, -0.05) is 43.7 Å². The van der Waals surface area contributed by atoms with Gasteiger partial charge in [0, 0.05) is 6.92 Å². The number of hydrogen-bond acceptors (Lipinski definition) is 0. The molecule has 18 heavy (non-hydrogen) atoms. The molecule has 0 aliphatic rings. The molecule has 0 saturated carbocycles. The standard InChI is InChI=1S/C15H21N2.ClH/c1-3-4-10-16-11-12-17(14(16)2)13-15-8-6-5-7-9-15;/h5-9,11-12H,3-4,10,13H2,1-2H3;1H/q+1;/p-1. The van der Waals surface area contributed by atoms with Gasteiger partial charge in [0.1, 0.15) is 18.9 Å². The van der Waals surface area contributed by atoms with E-state index in [2.05, 4.69) is 65.7 Å². The summed E-state index contributed by atoms with van der Waals surface area (Å²) in [6.07, 6.45) is 6.86. The zero-order valence-electron chi connectivity index (χ0n) is 11.1. The number of hydrogen-bond donors (Lipinski definition) is 0. The average Bonchev–Trinajstić information content (AvgIpc) is 2.70. The summed E-state index contributed by atoms with van der Waals surface area (Å²) >= 11 is 0. The lowest BCUT2D eigenvalue weighted by molar-refractivity contribution is -0.694. The lowest BCUT2D eigenvalue weighted by Crippen LogP contribution is -3.00. The van der Waals surface area contributed by atoms with E-state index in [1.807, 2.05) is 0 Å². The normalized spacial score (nSPS) is 10.1. The number of halogens is 1. The van der Waals surface area contributed by atoms with E-state index in [4.69, 9.17) is 0 Å². The number of aromatic nitrogens is 2. The van der Waals surface area contributed by atoms with Crippen LogP contribution in [0.4, 0.5) is 0 Å². The molecule has 0 unspecified atom stereocenters. The SMILES string of the molecule is CCCCn1cc[n+](Cc2ccccc2)c1C.[Cl-]. The van der Waals surface area contributed by atoms with Gasteiger partial charge in [0.25, 0.3) is 5.82 Å². The van der Waals surface area contributed by atoms with Gasteiger partial charge in [0.15, 0.2) is 0 Å². The Kier molecular flexibility index (Phi) is 5.93. The smallest absolute Gasteiger partial charge is 0.253 e. The molecule has 2 rings (SSSR count). The Hall–Kier alpha value is -1.28. The molecule has 0 spiro atoms. The quantitative estimate of drug-likeness (QED) is 0.669. The molecule has 2 aromatic rings. The van der Waals surface area contributed by atoms with E-state index in [1.54, 1.807) is 0 Å². The molecule has 0 atom stereocenters. The predicted octanol–water partition coefficient (Wildman–Crippen LogP) is -0.0636. The van der Waals surface area contributed by atoms with Crippen LogP contribution in [0, 0.1) is 6.92 Å². The minimum absolute atomic E-state index is 0. The van der Waals surface area contributed by atoms with Crippen molar-refractivity contribution in [3.63, 3.8) is 0 Å². The van der Waals surface area contributed by atoms with E-state index in [0.29, 0.717) is 0 Å². The van der Waals surface area contributed by atoms with Crippen molar-refractivity contribution in [2.75, 3.05) is 0 Å². The third-order valence-corrected chi connectivity index (χ3v) is 3.21. The van der Waals surface area contributed by atoms with Gasteiger partial charge < -0.3 is 12.4 Å². The lowest BCUT2D eigenvalue weighted by atomic mass is 10.2. The molecular formula is C15H21ClN2. The molecule has 1 aromatic heterocycles. The van der Waals surface area contributed by atoms with Gasteiger partial charge in [-0.05, 0) is 12.0 Å². The van der Waals surface area contributed by atoms with Crippen molar-refractivity contribution in [1.29, 1.82) is 0 Å². The van der Waals surface area contributed by atoms with Crippen LogP contribution in [0.25, 0.3) is 0 Å². The van der Waals surface area contributed by atoms with E-state index < -0.39 is 0 Å². The zero-order chi connectivity index (χ0) is 12.1. The minimum atomic E-state index is 0. The van der Waals surface area contributed by atoms with Crippen molar-refractivity contribution in [1.82, 2.24) is 4.57 Å². The number of nitrogens with zero attached hydrogens (tertiary/aromatic N) is 2. The van der Waals surface area contributed by atoms with Crippen LogP contribution in [-0.2, 0) is 13.1 Å². The van der Waals surface area contributed by atoms with E-state index in [-0.39, 0.29) is 12.4 Å². The van der Waals surface area contributed by atoms with Crippen LogP contribution in [0.2, 0.25) is 0 Å². The van der Waals surface area contributed by atoms with E-state index in [9.17, 15) is 0 Å². The van der Waals surface area contributed by atoms with Crippen LogP contribution in [0.3, 0.4) is 0 Å². The van der Waals surface area contributed by atoms with Gasteiger partial charge in [-0.15, -0.1) is 0 Å². The number of aryl methyl sites for hydroxylation is 1. The molecule has 1 heterocycles. The third-order valence-electron chi connectivity index (χ3n) is 3.21. The Morgan fingerprint density at radius 1 is 1.17 bits per heavy atom. The van der Waals surface area contributed by atoms with E-state index in [0.717, 1.165) is 13.1 Å². The van der Waals surface area contributed by atoms with Crippen LogP contribution >= 0.6 is 0 Å². The highest BCUT2D eigenvalue weighted by atomic mass is 35.5. The second-order valence-electron chi connectivity index (χ2n) is 4.51. The topological polar surface area (TPSA) is 8.81 Å². The Labute approximate surface area is 116 Å². The lowest BCUT2D eigenvalue weighted by Gasteiger charge is -2.01. The second-order valence-corrected chi connectivity index (χ2v) is 4.51. The fourth-order valence-corrected chi connectivity index (χ4v) is 2.05. The van der Waals surface area contributed by atoms with E-state index >= 15 is 0 Å². The molecule has 0 saturated heterocycles. The van der Waals surface area contributed by atoms with Crippen LogP contribution in [0.1, 0.15) is 31.2 Å². The number of unbranched alkanes of at least 4 members (excludes halogenated alkanes) is 1. The van der Waals surface area contributed by atoms with Crippen LogP contribution < -0.4 is 17.0 Å². The first kappa shape index (κ1) is 14.8. The van der Waals surface area contributed by atoms with Crippen LogP contribution in [0.5, 0.6) is 0 Å². The molecule has 0 N–H and O–H groups in total. The summed E-state index contributed by atoms with van der Waals surface area (Å²) in [5.41, 5.74) is 1.36. The Morgan fingerprint density at radius 3 is 2.56 bits per heavy atom. The molecule has 2 nitrogen and oxygen atoms in total. The fraction of sp³-hybridized carbons (Fsp3) is 0.400. The monoisotopic (exact) mass is 264 g/mol. The molecule has 0 aliphatic heterocycles. The minimum Gasteiger partial charge on any atom is -1.00 e. The first-order valence-corrected chi connectivity index (χ1v) is 6.40. The predicted molar refractivity (Wildman–Crippen MR) is 69.8 cm³/mol. The van der Waals surface area contributed by atoms with Crippen molar-refractivity contribution in [2.24, 2.45) is 0 Å². The molecule has 0 bridgehead atoms. The third kappa shape index (κ3) is 3.61. The summed E-state index contributed by atoms with van der Waals surface area (Å²) in [6, 6.07) is 10.6. The van der Waals surface area contributed by atoms with Gasteiger partial charge in [0.05, 0.1) is 6.54 Å². The maximum Gasteiger partial charge on any atom is 0.253 e. The molecule has 0 aliphatic carbocycles. The number of rotatable bonds is 5. The van der Waals surface area contributed by atoms with Crippen molar-refractivity contribution in [2.45, 2.75) is 39.8 Å². The molecule has 1 aromatic carbocycles. The largest absolute Gasteiger partial charge is 1.00 e. The van der Waals surface area contributed by atoms with Crippen LogP contribution in [0.15, 0.2) is 42.7 Å². The van der Waals surface area contributed by atoms with Crippen molar-refractivity contribution in [3.05, 3.63) is 54.1 Å². The highest BCUT2D eigenvalue weighted by Gasteiger charge is 2.11. The number of benzene rings is 1. The van der Waals surface area contributed by atoms with Crippen molar-refractivity contribution < 1.29 is 17.0 Å².